The van der Waals surface area contributed by atoms with E-state index in [1.54, 1.807) is 23.7 Å². The summed E-state index contributed by atoms with van der Waals surface area (Å²) in [6.45, 7) is 6.65. The van der Waals surface area contributed by atoms with Crippen molar-refractivity contribution in [2.24, 2.45) is 13.0 Å². The Morgan fingerprint density at radius 1 is 1.28 bits per heavy atom. The SMILES string of the molecule is CC(C)OCCNC[C@H]1CN(S(=O)(=O)c2cn(C)cn2)C[C@@H]1c1ccc(F)cc1. The maximum atomic E-state index is 13.4. The fourth-order valence-corrected chi connectivity index (χ4v) is 5.12. The molecular formula is C20H29FN4O3S. The molecule has 3 rings (SSSR count). The van der Waals surface area contributed by atoms with Crippen LogP contribution in [-0.2, 0) is 21.8 Å². The van der Waals surface area contributed by atoms with E-state index in [1.165, 1.54) is 29.0 Å². The van der Waals surface area contributed by atoms with E-state index in [0.29, 0.717) is 32.8 Å². The fraction of sp³-hybridized carbons (Fsp3) is 0.550. The number of hydrogen-bond acceptors (Lipinski definition) is 5. The normalized spacial score (nSPS) is 20.6. The van der Waals surface area contributed by atoms with Crippen molar-refractivity contribution in [3.05, 3.63) is 48.2 Å². The molecule has 1 aliphatic heterocycles. The van der Waals surface area contributed by atoms with Gasteiger partial charge in [-0.1, -0.05) is 12.1 Å². The van der Waals surface area contributed by atoms with Crippen molar-refractivity contribution in [1.29, 1.82) is 0 Å². The van der Waals surface area contributed by atoms with Crippen molar-refractivity contribution in [2.45, 2.75) is 30.9 Å². The lowest BCUT2D eigenvalue weighted by Gasteiger charge is -2.19. The molecule has 1 N–H and O–H groups in total. The van der Waals surface area contributed by atoms with Crippen LogP contribution < -0.4 is 5.32 Å². The standard InChI is InChI=1S/C20H29FN4O3S/c1-15(2)28-9-8-22-10-17-11-25(29(26,27)20-13-24(3)14-23-20)12-19(17)16-4-6-18(21)7-5-16/h4-7,13-15,17,19,22H,8-12H2,1-3H3/t17-,19+/m0/s1. The monoisotopic (exact) mass is 424 g/mol. The summed E-state index contributed by atoms with van der Waals surface area (Å²) in [5.74, 6) is -0.254. The minimum absolute atomic E-state index is 0.0207. The van der Waals surface area contributed by atoms with Crippen LogP contribution in [0.5, 0.6) is 0 Å². The van der Waals surface area contributed by atoms with Gasteiger partial charge in [0.1, 0.15) is 5.82 Å². The maximum absolute atomic E-state index is 13.4. The summed E-state index contributed by atoms with van der Waals surface area (Å²) in [7, 11) is -1.93. The van der Waals surface area contributed by atoms with Crippen LogP contribution in [0, 0.1) is 11.7 Å². The van der Waals surface area contributed by atoms with Gasteiger partial charge < -0.3 is 14.6 Å². The predicted octanol–water partition coefficient (Wildman–Crippen LogP) is 1.98. The molecule has 2 heterocycles. The van der Waals surface area contributed by atoms with Crippen molar-refractivity contribution in [3.63, 3.8) is 0 Å². The van der Waals surface area contributed by atoms with E-state index in [0.717, 1.165) is 5.56 Å². The first-order valence-electron chi connectivity index (χ1n) is 9.83. The van der Waals surface area contributed by atoms with Crippen LogP contribution >= 0.6 is 0 Å². The summed E-state index contributed by atoms with van der Waals surface area (Å²) in [6, 6.07) is 6.33. The second kappa shape index (κ2) is 9.34. The van der Waals surface area contributed by atoms with E-state index in [2.05, 4.69) is 10.3 Å². The Bertz CT molecular complexity index is 899. The summed E-state index contributed by atoms with van der Waals surface area (Å²) in [5, 5.41) is 3.42. The van der Waals surface area contributed by atoms with Gasteiger partial charge in [-0.2, -0.15) is 4.31 Å². The van der Waals surface area contributed by atoms with E-state index in [9.17, 15) is 12.8 Å². The Kier molecular flexibility index (Phi) is 7.05. The Labute approximate surface area is 171 Å². The third-order valence-corrected chi connectivity index (χ3v) is 6.84. The van der Waals surface area contributed by atoms with Gasteiger partial charge in [-0.15, -0.1) is 0 Å². The third kappa shape index (κ3) is 5.42. The predicted molar refractivity (Wildman–Crippen MR) is 109 cm³/mol. The highest BCUT2D eigenvalue weighted by Gasteiger charge is 2.40. The van der Waals surface area contributed by atoms with Crippen LogP contribution in [0.1, 0.15) is 25.3 Å². The van der Waals surface area contributed by atoms with Gasteiger partial charge in [0.05, 0.1) is 19.0 Å². The first kappa shape index (κ1) is 21.9. The average molecular weight is 425 g/mol. The number of aromatic nitrogens is 2. The van der Waals surface area contributed by atoms with Crippen molar-refractivity contribution in [3.8, 4) is 0 Å². The molecular weight excluding hydrogens is 395 g/mol. The summed E-state index contributed by atoms with van der Waals surface area (Å²) >= 11 is 0. The highest BCUT2D eigenvalue weighted by molar-refractivity contribution is 7.89. The molecule has 1 aromatic heterocycles. The molecule has 7 nitrogen and oxygen atoms in total. The maximum Gasteiger partial charge on any atom is 0.262 e. The van der Waals surface area contributed by atoms with Crippen LogP contribution in [0.15, 0.2) is 41.8 Å². The number of benzene rings is 1. The molecule has 0 saturated carbocycles. The van der Waals surface area contributed by atoms with Gasteiger partial charge >= 0.3 is 0 Å². The molecule has 1 fully saturated rings. The molecule has 0 amide bonds. The summed E-state index contributed by atoms with van der Waals surface area (Å²) in [6.07, 6.45) is 3.17. The summed E-state index contributed by atoms with van der Waals surface area (Å²) in [4.78, 5) is 4.02. The van der Waals surface area contributed by atoms with Crippen LogP contribution in [0.2, 0.25) is 0 Å². The molecule has 9 heteroatoms. The number of imidazole rings is 1. The highest BCUT2D eigenvalue weighted by Crippen LogP contribution is 2.35. The molecule has 0 unspecified atom stereocenters. The van der Waals surface area contributed by atoms with Crippen molar-refractivity contribution in [1.82, 2.24) is 19.2 Å². The molecule has 1 aliphatic rings. The second-order valence-corrected chi connectivity index (χ2v) is 9.63. The largest absolute Gasteiger partial charge is 0.377 e. The minimum Gasteiger partial charge on any atom is -0.377 e. The number of aryl methyl sites for hydroxylation is 1. The van der Waals surface area contributed by atoms with Gasteiger partial charge in [0.2, 0.25) is 0 Å². The molecule has 2 atom stereocenters. The second-order valence-electron chi connectivity index (χ2n) is 7.74. The number of ether oxygens (including phenoxy) is 1. The van der Waals surface area contributed by atoms with E-state index in [-0.39, 0.29) is 28.8 Å². The van der Waals surface area contributed by atoms with Crippen LogP contribution in [0.4, 0.5) is 4.39 Å². The molecule has 1 saturated heterocycles. The first-order chi connectivity index (χ1) is 13.8. The lowest BCUT2D eigenvalue weighted by atomic mass is 9.89. The van der Waals surface area contributed by atoms with E-state index in [4.69, 9.17) is 4.74 Å². The number of rotatable bonds is 9. The van der Waals surface area contributed by atoms with Crippen LogP contribution in [-0.4, -0.2) is 61.2 Å². The zero-order valence-corrected chi connectivity index (χ0v) is 17.9. The summed E-state index contributed by atoms with van der Waals surface area (Å²) in [5.41, 5.74) is 0.940. The number of nitrogens with one attached hydrogen (secondary N) is 1. The van der Waals surface area contributed by atoms with Crippen molar-refractivity contribution in [2.75, 3.05) is 32.8 Å². The van der Waals surface area contributed by atoms with Crippen molar-refractivity contribution >= 4 is 10.0 Å². The Morgan fingerprint density at radius 2 is 2.00 bits per heavy atom. The minimum atomic E-state index is -3.67. The van der Waals surface area contributed by atoms with Crippen LogP contribution in [0.25, 0.3) is 0 Å². The van der Waals surface area contributed by atoms with Gasteiger partial charge in [-0.05, 0) is 44.0 Å². The molecule has 0 bridgehead atoms. The lowest BCUT2D eigenvalue weighted by Crippen LogP contribution is -2.32. The van der Waals surface area contributed by atoms with Gasteiger partial charge in [0, 0.05) is 38.8 Å². The molecule has 1 aromatic carbocycles. The quantitative estimate of drug-likeness (QED) is 0.623. The Morgan fingerprint density at radius 3 is 2.62 bits per heavy atom. The smallest absolute Gasteiger partial charge is 0.262 e. The lowest BCUT2D eigenvalue weighted by molar-refractivity contribution is 0.0803. The van der Waals surface area contributed by atoms with Crippen LogP contribution in [0.3, 0.4) is 0 Å². The van der Waals surface area contributed by atoms with Gasteiger partial charge in [0.15, 0.2) is 5.03 Å². The van der Waals surface area contributed by atoms with E-state index in [1.807, 2.05) is 13.8 Å². The third-order valence-electron chi connectivity index (χ3n) is 5.13. The van der Waals surface area contributed by atoms with Gasteiger partial charge in [-0.3, -0.25) is 0 Å². The number of hydrogen-bond donors (Lipinski definition) is 1. The average Bonchev–Trinajstić information content (AvgIpc) is 3.29. The molecule has 0 aliphatic carbocycles. The first-order valence-corrected chi connectivity index (χ1v) is 11.3. The summed E-state index contributed by atoms with van der Waals surface area (Å²) < 4.78 is 48.1. The highest BCUT2D eigenvalue weighted by atomic mass is 32.2. The zero-order chi connectivity index (χ0) is 21.0. The molecule has 2 aromatic rings. The van der Waals surface area contributed by atoms with Gasteiger partial charge in [-0.25, -0.2) is 17.8 Å². The van der Waals surface area contributed by atoms with E-state index >= 15 is 0 Å². The number of halogens is 1. The Balaban J connectivity index is 1.73. The molecule has 160 valence electrons. The van der Waals surface area contributed by atoms with Crippen molar-refractivity contribution < 1.29 is 17.5 Å². The fourth-order valence-electron chi connectivity index (χ4n) is 3.63. The zero-order valence-electron chi connectivity index (χ0n) is 17.1. The van der Waals surface area contributed by atoms with Gasteiger partial charge in [0.25, 0.3) is 10.0 Å². The number of sulfonamides is 1. The molecule has 29 heavy (non-hydrogen) atoms. The topological polar surface area (TPSA) is 76.5 Å². The molecule has 0 radical (unpaired) electrons. The van der Waals surface area contributed by atoms with E-state index < -0.39 is 10.0 Å². The Hall–Kier alpha value is -1.81. The number of nitrogens with zero attached hydrogens (tertiary/aromatic N) is 3. The molecule has 0 spiro atoms.